The van der Waals surface area contributed by atoms with Gasteiger partial charge in [-0.05, 0) is 30.7 Å². The molecule has 136 valence electrons. The minimum absolute atomic E-state index is 0.0171. The van der Waals surface area contributed by atoms with E-state index >= 15 is 0 Å². The lowest BCUT2D eigenvalue weighted by atomic mass is 10.2. The molecule has 0 spiro atoms. The number of ether oxygens (including phenoxy) is 1. The van der Waals surface area contributed by atoms with Crippen LogP contribution in [0.5, 0.6) is 5.75 Å². The van der Waals surface area contributed by atoms with Crippen LogP contribution in [0.25, 0.3) is 0 Å². The van der Waals surface area contributed by atoms with E-state index in [-0.39, 0.29) is 12.3 Å². The zero-order valence-electron chi connectivity index (χ0n) is 13.6. The van der Waals surface area contributed by atoms with E-state index in [0.717, 1.165) is 5.56 Å². The molecule has 0 aliphatic carbocycles. The average Bonchev–Trinajstić information content (AvgIpc) is 2.66. The van der Waals surface area contributed by atoms with Crippen molar-refractivity contribution in [2.75, 3.05) is 6.61 Å². The van der Waals surface area contributed by atoms with E-state index in [1.165, 1.54) is 18.6 Å². The number of carbonyl (C=O) groups excluding carboxylic acids is 3. The number of amides is 4. The van der Waals surface area contributed by atoms with Gasteiger partial charge in [0, 0.05) is 17.4 Å². The van der Waals surface area contributed by atoms with E-state index in [9.17, 15) is 14.4 Å². The Bertz CT molecular complexity index is 802. The van der Waals surface area contributed by atoms with Gasteiger partial charge in [0.05, 0.1) is 6.20 Å². The molecule has 0 saturated carbocycles. The number of halogens is 1. The normalized spacial score (nSPS) is 9.77. The van der Waals surface area contributed by atoms with Gasteiger partial charge in [0.1, 0.15) is 11.4 Å². The molecule has 11 heteroatoms. The molecule has 0 unspecified atom stereocenters. The molecule has 0 aliphatic heterocycles. The first-order valence-electron chi connectivity index (χ1n) is 7.26. The fraction of sp³-hybridized carbons (Fsp3) is 0.133. The number of carbonyl (C=O) groups is 3. The largest absolute Gasteiger partial charge is 0.484 e. The van der Waals surface area contributed by atoms with Crippen LogP contribution in [0.2, 0.25) is 5.02 Å². The molecule has 1 heterocycles. The molecule has 0 saturated heterocycles. The summed E-state index contributed by atoms with van der Waals surface area (Å²) in [5, 5.41) is 0.587. The standard InChI is InChI=1S/C15H15ClN6O4/c1-9-6-10(2-3-11(9)16)26-8-13(23)19-21-15(25)22-20-14(24)12-7-17-4-5-18-12/h2-7H,8H2,1H3,(H,19,23)(H,20,24)(H2,21,22,25). The van der Waals surface area contributed by atoms with Crippen LogP contribution < -0.4 is 26.4 Å². The summed E-state index contributed by atoms with van der Waals surface area (Å²) in [6.45, 7) is 1.48. The van der Waals surface area contributed by atoms with Crippen LogP contribution in [0, 0.1) is 6.92 Å². The lowest BCUT2D eigenvalue weighted by molar-refractivity contribution is -0.123. The highest BCUT2D eigenvalue weighted by Gasteiger charge is 2.09. The van der Waals surface area contributed by atoms with Crippen molar-refractivity contribution in [1.82, 2.24) is 31.7 Å². The number of hydrazine groups is 2. The molecule has 0 atom stereocenters. The molecule has 1 aromatic heterocycles. The van der Waals surface area contributed by atoms with Gasteiger partial charge in [0.25, 0.3) is 11.8 Å². The first-order valence-corrected chi connectivity index (χ1v) is 7.63. The van der Waals surface area contributed by atoms with Gasteiger partial charge < -0.3 is 4.74 Å². The Morgan fingerprint density at radius 3 is 2.58 bits per heavy atom. The molecular formula is C15H15ClN6O4. The van der Waals surface area contributed by atoms with E-state index < -0.39 is 17.8 Å². The maximum absolute atomic E-state index is 11.6. The monoisotopic (exact) mass is 378 g/mol. The smallest absolute Gasteiger partial charge is 0.352 e. The topological polar surface area (TPSA) is 134 Å². The van der Waals surface area contributed by atoms with Crippen LogP contribution in [-0.4, -0.2) is 34.4 Å². The predicted molar refractivity (Wildman–Crippen MR) is 91.0 cm³/mol. The highest BCUT2D eigenvalue weighted by atomic mass is 35.5. The fourth-order valence-corrected chi connectivity index (χ4v) is 1.76. The van der Waals surface area contributed by atoms with E-state index in [2.05, 4.69) is 20.8 Å². The van der Waals surface area contributed by atoms with Crippen molar-refractivity contribution >= 4 is 29.4 Å². The van der Waals surface area contributed by atoms with Crippen LogP contribution in [0.4, 0.5) is 4.79 Å². The zero-order chi connectivity index (χ0) is 18.9. The van der Waals surface area contributed by atoms with E-state index in [1.54, 1.807) is 25.1 Å². The Morgan fingerprint density at radius 1 is 1.12 bits per heavy atom. The summed E-state index contributed by atoms with van der Waals surface area (Å²) in [7, 11) is 0. The van der Waals surface area contributed by atoms with Crippen LogP contribution in [0.1, 0.15) is 16.1 Å². The molecule has 4 amide bonds. The lowest BCUT2D eigenvalue weighted by Gasteiger charge is -2.10. The van der Waals surface area contributed by atoms with Crippen molar-refractivity contribution in [1.29, 1.82) is 0 Å². The third kappa shape index (κ3) is 5.91. The van der Waals surface area contributed by atoms with Gasteiger partial charge >= 0.3 is 6.03 Å². The van der Waals surface area contributed by atoms with Gasteiger partial charge in [-0.25, -0.2) is 20.6 Å². The van der Waals surface area contributed by atoms with Gasteiger partial charge in [0.2, 0.25) is 0 Å². The molecule has 0 aliphatic rings. The number of nitrogens with one attached hydrogen (secondary N) is 4. The molecular weight excluding hydrogens is 364 g/mol. The molecule has 0 fully saturated rings. The van der Waals surface area contributed by atoms with Crippen molar-refractivity contribution in [3.63, 3.8) is 0 Å². The van der Waals surface area contributed by atoms with Gasteiger partial charge in [-0.15, -0.1) is 0 Å². The average molecular weight is 379 g/mol. The van der Waals surface area contributed by atoms with Crippen LogP contribution in [0.15, 0.2) is 36.8 Å². The van der Waals surface area contributed by atoms with E-state index in [0.29, 0.717) is 10.8 Å². The summed E-state index contributed by atoms with van der Waals surface area (Å²) in [5.41, 5.74) is 9.11. The van der Waals surface area contributed by atoms with Gasteiger partial charge in [-0.3, -0.25) is 25.4 Å². The van der Waals surface area contributed by atoms with Crippen LogP contribution in [0.3, 0.4) is 0 Å². The van der Waals surface area contributed by atoms with Crippen LogP contribution >= 0.6 is 11.6 Å². The van der Waals surface area contributed by atoms with Crippen molar-refractivity contribution in [3.05, 3.63) is 53.1 Å². The number of nitrogens with zero attached hydrogens (tertiary/aromatic N) is 2. The molecule has 2 rings (SSSR count). The number of aromatic nitrogens is 2. The van der Waals surface area contributed by atoms with E-state index in [1.807, 2.05) is 10.9 Å². The number of benzene rings is 1. The van der Waals surface area contributed by atoms with Gasteiger partial charge in [-0.1, -0.05) is 11.6 Å². The van der Waals surface area contributed by atoms with Gasteiger partial charge in [-0.2, -0.15) is 0 Å². The number of hydrogen-bond donors (Lipinski definition) is 4. The first kappa shape index (κ1) is 18.9. The Balaban J connectivity index is 1.67. The van der Waals surface area contributed by atoms with E-state index in [4.69, 9.17) is 16.3 Å². The molecule has 0 bridgehead atoms. The minimum atomic E-state index is -0.863. The second-order valence-electron chi connectivity index (χ2n) is 4.87. The number of aryl methyl sites for hydroxylation is 1. The quantitative estimate of drug-likeness (QED) is 0.572. The number of rotatable bonds is 4. The summed E-state index contributed by atoms with van der Waals surface area (Å²) in [5.74, 6) is -0.809. The van der Waals surface area contributed by atoms with Gasteiger partial charge in [0.15, 0.2) is 6.61 Å². The second-order valence-corrected chi connectivity index (χ2v) is 5.28. The predicted octanol–water partition coefficient (Wildman–Crippen LogP) is 0.493. The number of hydrogen-bond acceptors (Lipinski definition) is 6. The maximum Gasteiger partial charge on any atom is 0.352 e. The Kier molecular flexibility index (Phi) is 6.68. The summed E-state index contributed by atoms with van der Waals surface area (Å²) in [4.78, 5) is 42.2. The zero-order valence-corrected chi connectivity index (χ0v) is 14.3. The third-order valence-corrected chi connectivity index (χ3v) is 3.32. The fourth-order valence-electron chi connectivity index (χ4n) is 1.64. The summed E-state index contributed by atoms with van der Waals surface area (Å²) in [6.07, 6.45) is 3.96. The first-order chi connectivity index (χ1) is 12.5. The Labute approximate surface area is 153 Å². The van der Waals surface area contributed by atoms with Crippen LogP contribution in [-0.2, 0) is 4.79 Å². The summed E-state index contributed by atoms with van der Waals surface area (Å²) in [6, 6.07) is 4.08. The Morgan fingerprint density at radius 2 is 1.88 bits per heavy atom. The molecule has 10 nitrogen and oxygen atoms in total. The third-order valence-electron chi connectivity index (χ3n) is 2.90. The molecule has 26 heavy (non-hydrogen) atoms. The van der Waals surface area contributed by atoms with Crippen molar-refractivity contribution in [2.45, 2.75) is 6.92 Å². The number of urea groups is 1. The highest BCUT2D eigenvalue weighted by molar-refractivity contribution is 6.31. The summed E-state index contributed by atoms with van der Waals surface area (Å²) < 4.78 is 5.26. The van der Waals surface area contributed by atoms with Crippen molar-refractivity contribution < 1.29 is 19.1 Å². The van der Waals surface area contributed by atoms with Crippen molar-refractivity contribution in [3.8, 4) is 5.75 Å². The molecule has 1 aromatic carbocycles. The molecule has 4 N–H and O–H groups in total. The SMILES string of the molecule is Cc1cc(OCC(=O)NNC(=O)NNC(=O)c2cnccn2)ccc1Cl. The molecule has 2 aromatic rings. The lowest BCUT2D eigenvalue weighted by Crippen LogP contribution is -2.53. The maximum atomic E-state index is 11.6. The highest BCUT2D eigenvalue weighted by Crippen LogP contribution is 2.20. The summed E-state index contributed by atoms with van der Waals surface area (Å²) >= 11 is 5.89. The Hall–Kier alpha value is -3.40. The molecule has 0 radical (unpaired) electrons. The van der Waals surface area contributed by atoms with Crippen molar-refractivity contribution in [2.24, 2.45) is 0 Å². The minimum Gasteiger partial charge on any atom is -0.484 e. The second kappa shape index (κ2) is 9.18.